The summed E-state index contributed by atoms with van der Waals surface area (Å²) in [6, 6.07) is 9.13. The first-order valence-corrected chi connectivity index (χ1v) is 10.4. The first kappa shape index (κ1) is 21.8. The Labute approximate surface area is 185 Å². The molecule has 4 rings (SSSR count). The number of aromatic nitrogens is 3. The van der Waals surface area contributed by atoms with Crippen LogP contribution >= 0.6 is 0 Å². The predicted octanol–water partition coefficient (Wildman–Crippen LogP) is 1.61. The Morgan fingerprint density at radius 1 is 1.25 bits per heavy atom. The Morgan fingerprint density at radius 3 is 2.81 bits per heavy atom. The Balaban J connectivity index is 1.64. The zero-order chi connectivity index (χ0) is 22.7. The average Bonchev–Trinajstić information content (AvgIpc) is 2.83. The lowest BCUT2D eigenvalue weighted by atomic mass is 10.0. The van der Waals surface area contributed by atoms with Crippen LogP contribution in [0.3, 0.4) is 0 Å². The van der Waals surface area contributed by atoms with E-state index in [0.717, 1.165) is 11.1 Å². The summed E-state index contributed by atoms with van der Waals surface area (Å²) in [7, 11) is 1.65. The first-order chi connectivity index (χ1) is 15.5. The predicted molar refractivity (Wildman–Crippen MR) is 117 cm³/mol. The minimum atomic E-state index is -0.481. The van der Waals surface area contributed by atoms with Gasteiger partial charge in [0.2, 0.25) is 0 Å². The van der Waals surface area contributed by atoms with Crippen molar-refractivity contribution in [1.29, 1.82) is 0 Å². The number of nitrogens with zero attached hydrogens (tertiary/aromatic N) is 5. The van der Waals surface area contributed by atoms with Crippen LogP contribution in [-0.4, -0.2) is 81.6 Å². The van der Waals surface area contributed by atoms with Crippen LogP contribution in [0.5, 0.6) is 0 Å². The van der Waals surface area contributed by atoms with Gasteiger partial charge < -0.3 is 19.6 Å². The molecule has 9 nitrogen and oxygen atoms in total. The topological polar surface area (TPSA) is 109 Å². The number of ether oxygens (including phenoxy) is 1. The molecule has 1 aromatic carbocycles. The molecule has 1 fully saturated rings. The van der Waals surface area contributed by atoms with Gasteiger partial charge in [-0.3, -0.25) is 14.6 Å². The fourth-order valence-corrected chi connectivity index (χ4v) is 3.67. The highest BCUT2D eigenvalue weighted by Gasteiger charge is 2.29. The molecule has 1 saturated heterocycles. The van der Waals surface area contributed by atoms with Gasteiger partial charge in [0.1, 0.15) is 11.8 Å². The third kappa shape index (κ3) is 4.44. The normalized spacial score (nSPS) is 16.2. The molecule has 3 aromatic rings. The van der Waals surface area contributed by atoms with E-state index in [1.54, 1.807) is 24.2 Å². The number of fused-ring (bicyclic) bond motifs is 1. The molecule has 2 amide bonds. The lowest BCUT2D eigenvalue weighted by molar-refractivity contribution is -0.0248. The van der Waals surface area contributed by atoms with Gasteiger partial charge >= 0.3 is 0 Å². The minimum absolute atomic E-state index is 0.122. The van der Waals surface area contributed by atoms with Crippen LogP contribution in [0.4, 0.5) is 0 Å². The molecule has 0 spiro atoms. The van der Waals surface area contributed by atoms with E-state index in [0.29, 0.717) is 36.5 Å². The second-order valence-corrected chi connectivity index (χ2v) is 7.72. The third-order valence-electron chi connectivity index (χ3n) is 5.43. The molecule has 166 valence electrons. The molecule has 0 aliphatic carbocycles. The molecule has 0 unspecified atom stereocenters. The summed E-state index contributed by atoms with van der Waals surface area (Å²) in [5.41, 5.74) is 2.76. The number of para-hydroxylation sites is 1. The van der Waals surface area contributed by atoms with Crippen molar-refractivity contribution in [3.63, 3.8) is 0 Å². The molecular formula is C23H25N5O4. The third-order valence-corrected chi connectivity index (χ3v) is 5.43. The summed E-state index contributed by atoms with van der Waals surface area (Å²) in [5, 5.41) is 9.95. The van der Waals surface area contributed by atoms with E-state index in [2.05, 4.69) is 9.97 Å². The zero-order valence-corrected chi connectivity index (χ0v) is 18.1. The number of hydrogen-bond acceptors (Lipinski definition) is 7. The van der Waals surface area contributed by atoms with Gasteiger partial charge in [0.05, 0.1) is 48.4 Å². The maximum atomic E-state index is 13.0. The van der Waals surface area contributed by atoms with Gasteiger partial charge in [-0.15, -0.1) is 0 Å². The number of hydrogen-bond donors (Lipinski definition) is 1. The van der Waals surface area contributed by atoms with Gasteiger partial charge in [-0.25, -0.2) is 9.97 Å². The van der Waals surface area contributed by atoms with E-state index in [-0.39, 0.29) is 30.7 Å². The van der Waals surface area contributed by atoms with Crippen LogP contribution in [0, 0.1) is 6.92 Å². The molecule has 2 aromatic heterocycles. The van der Waals surface area contributed by atoms with Crippen molar-refractivity contribution in [1.82, 2.24) is 24.8 Å². The number of benzene rings is 1. The number of morpholine rings is 1. The van der Waals surface area contributed by atoms with Crippen molar-refractivity contribution < 1.29 is 19.4 Å². The number of aliphatic hydroxyl groups excluding tert-OH is 1. The van der Waals surface area contributed by atoms with Crippen molar-refractivity contribution in [3.05, 3.63) is 65.4 Å². The van der Waals surface area contributed by atoms with E-state index < -0.39 is 6.10 Å². The Morgan fingerprint density at radius 2 is 2.06 bits per heavy atom. The zero-order valence-electron chi connectivity index (χ0n) is 18.1. The summed E-state index contributed by atoms with van der Waals surface area (Å²) in [5.74, 6) is -0.428. The van der Waals surface area contributed by atoms with E-state index in [1.165, 1.54) is 11.1 Å². The van der Waals surface area contributed by atoms with Gasteiger partial charge in [0.25, 0.3) is 11.8 Å². The standard InChI is InChI=1S/C23H25N5O4/c1-15-12-25-20(13-24-15)23(31)28-8-10-32-21(14-28)19-11-17(22(30)27(2)7-9-29)16-5-3-4-6-18(16)26-19/h3-6,11-13,21,29H,7-10,14H2,1-2H3/t21-/m1/s1. The molecule has 1 N–H and O–H groups in total. The number of carbonyl (C=O) groups excluding carboxylic acids is 2. The lowest BCUT2D eigenvalue weighted by Crippen LogP contribution is -2.42. The Bertz CT molecular complexity index is 1130. The molecule has 0 radical (unpaired) electrons. The van der Waals surface area contributed by atoms with Gasteiger partial charge in [-0.05, 0) is 19.1 Å². The average molecular weight is 435 g/mol. The van der Waals surface area contributed by atoms with Crippen molar-refractivity contribution in [2.24, 2.45) is 0 Å². The molecule has 0 saturated carbocycles. The highest BCUT2D eigenvalue weighted by atomic mass is 16.5. The maximum absolute atomic E-state index is 13.0. The van der Waals surface area contributed by atoms with Crippen molar-refractivity contribution in [2.45, 2.75) is 13.0 Å². The summed E-state index contributed by atoms with van der Waals surface area (Å²) in [4.78, 5) is 42.1. The van der Waals surface area contributed by atoms with Crippen molar-refractivity contribution in [2.75, 3.05) is 39.9 Å². The molecule has 9 heteroatoms. The van der Waals surface area contributed by atoms with E-state index in [1.807, 2.05) is 31.2 Å². The quantitative estimate of drug-likeness (QED) is 0.649. The van der Waals surface area contributed by atoms with Crippen molar-refractivity contribution >= 4 is 22.7 Å². The molecular weight excluding hydrogens is 410 g/mol. The fraction of sp³-hybridized carbons (Fsp3) is 0.348. The number of carbonyl (C=O) groups is 2. The second-order valence-electron chi connectivity index (χ2n) is 7.72. The summed E-state index contributed by atoms with van der Waals surface area (Å²) < 4.78 is 5.93. The highest BCUT2D eigenvalue weighted by Crippen LogP contribution is 2.27. The van der Waals surface area contributed by atoms with Crippen molar-refractivity contribution in [3.8, 4) is 0 Å². The lowest BCUT2D eigenvalue weighted by Gasteiger charge is -2.32. The van der Waals surface area contributed by atoms with Crippen LogP contribution in [0.25, 0.3) is 10.9 Å². The molecule has 1 atom stereocenters. The number of rotatable bonds is 5. The molecule has 1 aliphatic rings. The van der Waals surface area contributed by atoms with E-state index in [4.69, 9.17) is 9.72 Å². The van der Waals surface area contributed by atoms with Crippen LogP contribution < -0.4 is 0 Å². The first-order valence-electron chi connectivity index (χ1n) is 10.4. The van der Waals surface area contributed by atoms with Gasteiger partial charge in [0, 0.05) is 31.7 Å². The largest absolute Gasteiger partial charge is 0.395 e. The maximum Gasteiger partial charge on any atom is 0.274 e. The van der Waals surface area contributed by atoms with E-state index >= 15 is 0 Å². The summed E-state index contributed by atoms with van der Waals surface area (Å²) in [6.07, 6.45) is 2.56. The Kier molecular flexibility index (Phi) is 6.38. The number of pyridine rings is 1. The smallest absolute Gasteiger partial charge is 0.274 e. The van der Waals surface area contributed by atoms with E-state index in [9.17, 15) is 14.7 Å². The number of amides is 2. The van der Waals surface area contributed by atoms with Crippen LogP contribution in [0.15, 0.2) is 42.7 Å². The highest BCUT2D eigenvalue weighted by molar-refractivity contribution is 6.06. The van der Waals surface area contributed by atoms with Gasteiger partial charge in [0.15, 0.2) is 0 Å². The SMILES string of the molecule is Cc1cnc(C(=O)N2CCO[C@@H](c3cc(C(=O)N(C)CCO)c4ccccc4n3)C2)cn1. The van der Waals surface area contributed by atoms with Crippen LogP contribution in [-0.2, 0) is 4.74 Å². The summed E-state index contributed by atoms with van der Waals surface area (Å²) in [6.45, 7) is 2.99. The second kappa shape index (κ2) is 9.37. The monoisotopic (exact) mass is 435 g/mol. The molecule has 1 aliphatic heterocycles. The fourth-order valence-electron chi connectivity index (χ4n) is 3.67. The van der Waals surface area contributed by atoms with Crippen LogP contribution in [0.1, 0.15) is 38.3 Å². The summed E-state index contributed by atoms with van der Waals surface area (Å²) >= 11 is 0. The van der Waals surface area contributed by atoms with Gasteiger partial charge in [-0.1, -0.05) is 18.2 Å². The minimum Gasteiger partial charge on any atom is -0.395 e. The Hall–Kier alpha value is -3.43. The molecule has 32 heavy (non-hydrogen) atoms. The van der Waals surface area contributed by atoms with Gasteiger partial charge in [-0.2, -0.15) is 0 Å². The molecule has 0 bridgehead atoms. The molecule has 3 heterocycles. The van der Waals surface area contributed by atoms with Crippen LogP contribution in [0.2, 0.25) is 0 Å². The number of likely N-dealkylation sites (N-methyl/N-ethyl adjacent to an activating group) is 1. The number of aryl methyl sites for hydroxylation is 1. The number of aliphatic hydroxyl groups is 1.